The summed E-state index contributed by atoms with van der Waals surface area (Å²) in [5.41, 5.74) is 0. The van der Waals surface area contributed by atoms with E-state index in [2.05, 4.69) is 0 Å². The Morgan fingerprint density at radius 2 is 1.45 bits per heavy atom. The first-order chi connectivity index (χ1) is 4.91. The third kappa shape index (κ3) is 17.6. The van der Waals surface area contributed by atoms with Crippen LogP contribution in [0, 0.1) is 11.8 Å². The largest absolute Gasteiger partial charge is 0.303 e. The Kier molecular flexibility index (Phi) is 8.78. The van der Waals surface area contributed by atoms with Gasteiger partial charge >= 0.3 is 0 Å². The Balaban J connectivity index is 0. The summed E-state index contributed by atoms with van der Waals surface area (Å²) in [4.78, 5) is 19.4. The number of Topliss-reactive ketones (excluding diaryl/α,β-unsaturated/α-hetero) is 1. The van der Waals surface area contributed by atoms with Crippen molar-refractivity contribution in [3.8, 4) is 0 Å². The summed E-state index contributed by atoms with van der Waals surface area (Å²) in [5, 5.41) is 0. The summed E-state index contributed by atoms with van der Waals surface area (Å²) >= 11 is 0. The quantitative estimate of drug-likeness (QED) is 0.576. The third-order valence-electron chi connectivity index (χ3n) is 1.27. The molecule has 2 heteroatoms. The number of carbonyl (C=O) groups is 2. The van der Waals surface area contributed by atoms with Gasteiger partial charge in [0, 0.05) is 5.92 Å². The van der Waals surface area contributed by atoms with E-state index in [1.165, 1.54) is 13.8 Å². The Labute approximate surface area is 69.0 Å². The van der Waals surface area contributed by atoms with Crippen molar-refractivity contribution in [1.29, 1.82) is 0 Å². The second-order valence-electron chi connectivity index (χ2n) is 3.15. The van der Waals surface area contributed by atoms with Gasteiger partial charge in [-0.2, -0.15) is 0 Å². The fraction of sp³-hybridized carbons (Fsp3) is 0.778. The molecule has 0 fully saturated rings. The molecule has 0 aromatic carbocycles. The van der Waals surface area contributed by atoms with Crippen LogP contribution in [0.3, 0.4) is 0 Å². The highest BCUT2D eigenvalue weighted by Gasteiger charge is 2.02. The highest BCUT2D eigenvalue weighted by atomic mass is 16.1. The Hall–Kier alpha value is -0.660. The van der Waals surface area contributed by atoms with Gasteiger partial charge in [-0.3, -0.25) is 0 Å². The van der Waals surface area contributed by atoms with Gasteiger partial charge in [0.1, 0.15) is 12.1 Å². The second-order valence-corrected chi connectivity index (χ2v) is 3.15. The molecule has 0 radical (unpaired) electrons. The van der Waals surface area contributed by atoms with Crippen molar-refractivity contribution in [2.45, 2.75) is 34.6 Å². The number of hydrogen-bond donors (Lipinski definition) is 0. The van der Waals surface area contributed by atoms with Crippen LogP contribution in [0.25, 0.3) is 0 Å². The van der Waals surface area contributed by atoms with Crippen LogP contribution in [0.1, 0.15) is 34.6 Å². The number of ketones is 1. The standard InChI is InChI=1S/C6H12O.C3H6O/c1-5(2)6(3)4-7;1-3(2)4/h4-6H,1-3H3;1-2H3. The highest BCUT2D eigenvalue weighted by Crippen LogP contribution is 2.04. The average Bonchev–Trinajstić information content (AvgIpc) is 1.85. The first-order valence-electron chi connectivity index (χ1n) is 3.84. The predicted molar refractivity (Wildman–Crippen MR) is 46.4 cm³/mol. The van der Waals surface area contributed by atoms with Crippen molar-refractivity contribution in [2.75, 3.05) is 0 Å². The lowest BCUT2D eigenvalue weighted by Gasteiger charge is -2.04. The van der Waals surface area contributed by atoms with E-state index in [0.29, 0.717) is 5.92 Å². The van der Waals surface area contributed by atoms with E-state index in [-0.39, 0.29) is 11.7 Å². The van der Waals surface area contributed by atoms with Crippen LogP contribution < -0.4 is 0 Å². The summed E-state index contributed by atoms with van der Waals surface area (Å²) in [7, 11) is 0. The minimum absolute atomic E-state index is 0.167. The van der Waals surface area contributed by atoms with Crippen molar-refractivity contribution >= 4 is 12.1 Å². The van der Waals surface area contributed by atoms with E-state index in [1.54, 1.807) is 0 Å². The normalized spacial score (nSPS) is 11.5. The molecule has 0 aliphatic carbocycles. The van der Waals surface area contributed by atoms with Crippen LogP contribution in [-0.2, 0) is 9.59 Å². The minimum Gasteiger partial charge on any atom is -0.303 e. The maximum absolute atomic E-state index is 9.95. The summed E-state index contributed by atoms with van der Waals surface area (Å²) in [6.07, 6.45) is 0.991. The molecule has 1 atom stereocenters. The molecule has 0 aromatic heterocycles. The van der Waals surface area contributed by atoms with Gasteiger partial charge in [-0.05, 0) is 19.8 Å². The van der Waals surface area contributed by atoms with Crippen molar-refractivity contribution in [1.82, 2.24) is 0 Å². The first-order valence-corrected chi connectivity index (χ1v) is 3.84. The lowest BCUT2D eigenvalue weighted by atomic mass is 10.0. The molecule has 1 unspecified atom stereocenters. The first kappa shape index (κ1) is 13.0. The smallest absolute Gasteiger partial charge is 0.126 e. The summed E-state index contributed by atoms with van der Waals surface area (Å²) in [5.74, 6) is 0.887. The van der Waals surface area contributed by atoms with Gasteiger partial charge in [0.25, 0.3) is 0 Å². The monoisotopic (exact) mass is 158 g/mol. The van der Waals surface area contributed by atoms with Crippen LogP contribution >= 0.6 is 0 Å². The van der Waals surface area contributed by atoms with E-state index in [9.17, 15) is 9.59 Å². The fourth-order valence-electron chi connectivity index (χ4n) is 0.157. The van der Waals surface area contributed by atoms with Crippen molar-refractivity contribution < 1.29 is 9.59 Å². The van der Waals surface area contributed by atoms with Crippen LogP contribution in [0.15, 0.2) is 0 Å². The Morgan fingerprint density at radius 1 is 1.18 bits per heavy atom. The zero-order valence-corrected chi connectivity index (χ0v) is 8.05. The van der Waals surface area contributed by atoms with Gasteiger partial charge in [0.2, 0.25) is 0 Å². The van der Waals surface area contributed by atoms with E-state index in [4.69, 9.17) is 0 Å². The van der Waals surface area contributed by atoms with E-state index >= 15 is 0 Å². The van der Waals surface area contributed by atoms with E-state index < -0.39 is 0 Å². The van der Waals surface area contributed by atoms with E-state index in [0.717, 1.165) is 6.29 Å². The molecule has 0 aromatic rings. The molecule has 0 spiro atoms. The summed E-state index contributed by atoms with van der Waals surface area (Å²) in [6.45, 7) is 9.07. The van der Waals surface area contributed by atoms with Gasteiger partial charge in [-0.25, -0.2) is 0 Å². The van der Waals surface area contributed by atoms with Gasteiger partial charge in [-0.1, -0.05) is 20.8 Å². The maximum Gasteiger partial charge on any atom is 0.126 e. The van der Waals surface area contributed by atoms with Gasteiger partial charge in [0.05, 0.1) is 0 Å². The molecular weight excluding hydrogens is 140 g/mol. The highest BCUT2D eigenvalue weighted by molar-refractivity contribution is 5.72. The van der Waals surface area contributed by atoms with Crippen molar-refractivity contribution in [3.05, 3.63) is 0 Å². The van der Waals surface area contributed by atoms with Gasteiger partial charge in [0.15, 0.2) is 0 Å². The summed E-state index contributed by atoms with van der Waals surface area (Å²) < 4.78 is 0. The molecule has 0 rings (SSSR count). The molecule has 11 heavy (non-hydrogen) atoms. The lowest BCUT2D eigenvalue weighted by Crippen LogP contribution is -2.03. The summed E-state index contributed by atoms with van der Waals surface area (Å²) in [6, 6.07) is 0. The lowest BCUT2D eigenvalue weighted by molar-refractivity contribution is -0.115. The zero-order valence-electron chi connectivity index (χ0n) is 8.05. The van der Waals surface area contributed by atoms with Crippen LogP contribution in [0.4, 0.5) is 0 Å². The van der Waals surface area contributed by atoms with Crippen molar-refractivity contribution in [3.63, 3.8) is 0 Å². The molecule has 0 saturated heterocycles. The number of rotatable bonds is 2. The molecule has 0 amide bonds. The molecule has 0 N–H and O–H groups in total. The molecule has 0 aliphatic heterocycles. The zero-order chi connectivity index (χ0) is 9.44. The van der Waals surface area contributed by atoms with Crippen molar-refractivity contribution in [2.24, 2.45) is 11.8 Å². The molecule has 2 nitrogen and oxygen atoms in total. The van der Waals surface area contributed by atoms with Crippen LogP contribution in [0.2, 0.25) is 0 Å². The second kappa shape index (κ2) is 7.45. The Morgan fingerprint density at radius 3 is 1.45 bits per heavy atom. The van der Waals surface area contributed by atoms with Crippen LogP contribution in [0.5, 0.6) is 0 Å². The molecule has 66 valence electrons. The molecular formula is C9H18O2. The average molecular weight is 158 g/mol. The maximum atomic E-state index is 9.95. The number of carbonyl (C=O) groups excluding carboxylic acids is 2. The molecule has 0 heterocycles. The molecule has 0 saturated carbocycles. The third-order valence-corrected chi connectivity index (χ3v) is 1.27. The van der Waals surface area contributed by atoms with Crippen LogP contribution in [-0.4, -0.2) is 12.1 Å². The SMILES string of the molecule is CC(C)=O.CC(C)C(C)C=O. The van der Waals surface area contributed by atoms with E-state index in [1.807, 2.05) is 20.8 Å². The molecule has 0 bridgehead atoms. The predicted octanol–water partition coefficient (Wildman–Crippen LogP) is 2.07. The number of aldehydes is 1. The topological polar surface area (TPSA) is 34.1 Å². The van der Waals surface area contributed by atoms with Gasteiger partial charge in [-0.15, -0.1) is 0 Å². The fourth-order valence-corrected chi connectivity index (χ4v) is 0.157. The molecule has 0 aliphatic rings. The minimum atomic E-state index is 0.167. The number of hydrogen-bond acceptors (Lipinski definition) is 2. The Bertz CT molecular complexity index is 113. The van der Waals surface area contributed by atoms with Gasteiger partial charge < -0.3 is 9.59 Å².